The SMILES string of the molecule is O=C(NC[C@H]1CCCN2CCCC[C@H]12)c1ccc(NC(=O)c2ccccc2)cc1. The van der Waals surface area contributed by atoms with E-state index in [1.807, 2.05) is 18.2 Å². The van der Waals surface area contributed by atoms with Gasteiger partial charge in [-0.15, -0.1) is 0 Å². The number of amides is 2. The molecule has 152 valence electrons. The predicted molar refractivity (Wildman–Crippen MR) is 115 cm³/mol. The third kappa shape index (κ3) is 4.85. The van der Waals surface area contributed by atoms with Gasteiger partial charge < -0.3 is 15.5 Å². The average Bonchev–Trinajstić information content (AvgIpc) is 2.78. The van der Waals surface area contributed by atoms with Crippen LogP contribution in [-0.2, 0) is 0 Å². The molecular formula is C24H29N3O2. The Bertz CT molecular complexity index is 833. The van der Waals surface area contributed by atoms with E-state index in [4.69, 9.17) is 0 Å². The second kappa shape index (κ2) is 9.23. The summed E-state index contributed by atoms with van der Waals surface area (Å²) in [5, 5.41) is 6.00. The summed E-state index contributed by atoms with van der Waals surface area (Å²) in [6, 6.07) is 16.8. The Morgan fingerprint density at radius 1 is 0.828 bits per heavy atom. The highest BCUT2D eigenvalue weighted by Crippen LogP contribution is 2.30. The van der Waals surface area contributed by atoms with Gasteiger partial charge in [0.05, 0.1) is 0 Å². The fourth-order valence-electron chi connectivity index (χ4n) is 4.64. The molecule has 0 unspecified atom stereocenters. The van der Waals surface area contributed by atoms with Gasteiger partial charge in [-0.2, -0.15) is 0 Å². The van der Waals surface area contributed by atoms with Gasteiger partial charge in [0, 0.05) is 29.4 Å². The molecule has 4 rings (SSSR count). The maximum Gasteiger partial charge on any atom is 0.255 e. The van der Waals surface area contributed by atoms with Crippen LogP contribution < -0.4 is 10.6 Å². The lowest BCUT2D eigenvalue weighted by atomic mass is 9.83. The molecule has 0 radical (unpaired) electrons. The van der Waals surface area contributed by atoms with Crippen molar-refractivity contribution in [3.8, 4) is 0 Å². The van der Waals surface area contributed by atoms with Gasteiger partial charge in [0.1, 0.15) is 0 Å². The number of hydrogen-bond acceptors (Lipinski definition) is 3. The van der Waals surface area contributed by atoms with Gasteiger partial charge in [0.15, 0.2) is 0 Å². The smallest absolute Gasteiger partial charge is 0.255 e. The van der Waals surface area contributed by atoms with Crippen LogP contribution in [0.3, 0.4) is 0 Å². The summed E-state index contributed by atoms with van der Waals surface area (Å²) in [6.07, 6.45) is 6.31. The zero-order valence-corrected chi connectivity index (χ0v) is 16.8. The van der Waals surface area contributed by atoms with Gasteiger partial charge in [-0.25, -0.2) is 0 Å². The van der Waals surface area contributed by atoms with Crippen LogP contribution in [0.2, 0.25) is 0 Å². The highest BCUT2D eigenvalue weighted by Gasteiger charge is 2.32. The molecule has 0 saturated carbocycles. The van der Waals surface area contributed by atoms with E-state index >= 15 is 0 Å². The maximum absolute atomic E-state index is 12.6. The topological polar surface area (TPSA) is 61.4 Å². The van der Waals surface area contributed by atoms with Gasteiger partial charge in [-0.3, -0.25) is 9.59 Å². The van der Waals surface area contributed by atoms with Gasteiger partial charge in [0.2, 0.25) is 0 Å². The van der Waals surface area contributed by atoms with Crippen molar-refractivity contribution in [1.82, 2.24) is 10.2 Å². The highest BCUT2D eigenvalue weighted by atomic mass is 16.2. The zero-order chi connectivity index (χ0) is 20.1. The monoisotopic (exact) mass is 391 g/mol. The molecule has 0 spiro atoms. The van der Waals surface area contributed by atoms with Crippen LogP contribution in [0, 0.1) is 5.92 Å². The molecule has 2 N–H and O–H groups in total. The second-order valence-corrected chi connectivity index (χ2v) is 8.11. The van der Waals surface area contributed by atoms with Crippen LogP contribution in [0.4, 0.5) is 5.69 Å². The molecule has 0 bridgehead atoms. The molecule has 0 aromatic heterocycles. The molecule has 2 atom stereocenters. The number of carbonyl (C=O) groups excluding carboxylic acids is 2. The van der Waals surface area contributed by atoms with E-state index in [1.54, 1.807) is 36.4 Å². The second-order valence-electron chi connectivity index (χ2n) is 8.11. The number of nitrogens with zero attached hydrogens (tertiary/aromatic N) is 1. The van der Waals surface area contributed by atoms with E-state index in [9.17, 15) is 9.59 Å². The molecule has 0 aliphatic carbocycles. The summed E-state index contributed by atoms with van der Waals surface area (Å²) in [4.78, 5) is 27.4. The number of benzene rings is 2. The summed E-state index contributed by atoms with van der Waals surface area (Å²) in [6.45, 7) is 3.17. The van der Waals surface area contributed by atoms with Crippen LogP contribution in [0.5, 0.6) is 0 Å². The van der Waals surface area contributed by atoms with Gasteiger partial charge >= 0.3 is 0 Å². The minimum Gasteiger partial charge on any atom is -0.352 e. The van der Waals surface area contributed by atoms with Crippen LogP contribution in [0.1, 0.15) is 52.8 Å². The first kappa shape index (κ1) is 19.6. The van der Waals surface area contributed by atoms with Crippen molar-refractivity contribution < 1.29 is 9.59 Å². The molecule has 2 aromatic carbocycles. The van der Waals surface area contributed by atoms with E-state index in [0.29, 0.717) is 28.8 Å². The number of nitrogens with one attached hydrogen (secondary N) is 2. The third-order valence-corrected chi connectivity index (χ3v) is 6.19. The Morgan fingerprint density at radius 2 is 1.55 bits per heavy atom. The molecule has 2 heterocycles. The van der Waals surface area contributed by atoms with Crippen LogP contribution in [-0.4, -0.2) is 42.4 Å². The number of piperidine rings is 2. The first-order chi connectivity index (χ1) is 14.2. The van der Waals surface area contributed by atoms with E-state index in [0.717, 1.165) is 6.54 Å². The van der Waals surface area contributed by atoms with Gasteiger partial charge in [-0.1, -0.05) is 24.6 Å². The molecule has 2 amide bonds. The first-order valence-electron chi connectivity index (χ1n) is 10.7. The number of anilines is 1. The van der Waals surface area contributed by atoms with Gasteiger partial charge in [0.25, 0.3) is 11.8 Å². The lowest BCUT2D eigenvalue weighted by Crippen LogP contribution is -2.51. The number of fused-ring (bicyclic) bond motifs is 1. The lowest BCUT2D eigenvalue weighted by molar-refractivity contribution is 0.0575. The molecular weight excluding hydrogens is 362 g/mol. The van der Waals surface area contributed by atoms with Crippen molar-refractivity contribution in [2.24, 2.45) is 5.92 Å². The van der Waals surface area contributed by atoms with E-state index in [2.05, 4.69) is 15.5 Å². The fourth-order valence-corrected chi connectivity index (χ4v) is 4.64. The lowest BCUT2D eigenvalue weighted by Gasteiger charge is -2.44. The van der Waals surface area contributed by atoms with Gasteiger partial charge in [-0.05, 0) is 81.1 Å². The van der Waals surface area contributed by atoms with E-state index in [1.165, 1.54) is 45.2 Å². The predicted octanol–water partition coefficient (Wildman–Crippen LogP) is 3.93. The molecule has 2 fully saturated rings. The minimum absolute atomic E-state index is 0.0427. The Hall–Kier alpha value is -2.66. The molecule has 2 aromatic rings. The van der Waals surface area contributed by atoms with Crippen molar-refractivity contribution in [3.05, 3.63) is 65.7 Å². The van der Waals surface area contributed by atoms with Crippen LogP contribution in [0.25, 0.3) is 0 Å². The minimum atomic E-state index is -0.155. The Labute approximate surface area is 172 Å². The highest BCUT2D eigenvalue weighted by molar-refractivity contribution is 6.04. The molecule has 5 nitrogen and oxygen atoms in total. The number of rotatable bonds is 5. The largest absolute Gasteiger partial charge is 0.352 e. The van der Waals surface area contributed by atoms with E-state index in [-0.39, 0.29) is 11.8 Å². The van der Waals surface area contributed by atoms with Crippen molar-refractivity contribution in [3.63, 3.8) is 0 Å². The van der Waals surface area contributed by atoms with Crippen LogP contribution >= 0.6 is 0 Å². The average molecular weight is 392 g/mol. The van der Waals surface area contributed by atoms with Crippen molar-refractivity contribution in [2.45, 2.75) is 38.1 Å². The third-order valence-electron chi connectivity index (χ3n) is 6.19. The summed E-state index contributed by atoms with van der Waals surface area (Å²) in [5.74, 6) is 0.355. The normalized spacial score (nSPS) is 21.8. The van der Waals surface area contributed by atoms with Crippen molar-refractivity contribution >= 4 is 17.5 Å². The van der Waals surface area contributed by atoms with Crippen molar-refractivity contribution in [2.75, 3.05) is 25.0 Å². The number of carbonyl (C=O) groups is 2. The molecule has 2 aliphatic rings. The molecule has 5 heteroatoms. The Balaban J connectivity index is 1.30. The standard InChI is InChI=1S/C24H29N3O2/c28-23(25-17-20-9-6-16-27-15-5-4-10-22(20)27)19-11-13-21(14-12-19)26-24(29)18-7-2-1-3-8-18/h1-3,7-8,11-14,20,22H,4-6,9-10,15-17H2,(H,25,28)(H,26,29)/t20-,22-/m1/s1. The summed E-state index contributed by atoms with van der Waals surface area (Å²) >= 11 is 0. The Kier molecular flexibility index (Phi) is 6.25. The first-order valence-corrected chi connectivity index (χ1v) is 10.7. The van der Waals surface area contributed by atoms with Crippen molar-refractivity contribution in [1.29, 1.82) is 0 Å². The quantitative estimate of drug-likeness (QED) is 0.812. The molecule has 2 saturated heterocycles. The Morgan fingerprint density at radius 3 is 2.34 bits per heavy atom. The maximum atomic E-state index is 12.6. The molecule has 2 aliphatic heterocycles. The fraction of sp³-hybridized carbons (Fsp3) is 0.417. The summed E-state index contributed by atoms with van der Waals surface area (Å²) < 4.78 is 0. The number of hydrogen-bond donors (Lipinski definition) is 2. The molecule has 29 heavy (non-hydrogen) atoms. The van der Waals surface area contributed by atoms with Crippen LogP contribution in [0.15, 0.2) is 54.6 Å². The zero-order valence-electron chi connectivity index (χ0n) is 16.8. The van der Waals surface area contributed by atoms with E-state index < -0.39 is 0 Å². The summed E-state index contributed by atoms with van der Waals surface area (Å²) in [7, 11) is 0. The summed E-state index contributed by atoms with van der Waals surface area (Å²) in [5.41, 5.74) is 1.91.